The Morgan fingerprint density at radius 1 is 1.00 bits per heavy atom. The minimum atomic E-state index is 1.20. The molecule has 0 aliphatic carbocycles. The summed E-state index contributed by atoms with van der Waals surface area (Å²) in [5.74, 6) is 0. The standard InChI is InChI=1S/C16H19/c1-2-3-4-5-9-14-11-8-12-15-10-6-7-13-16(14)15/h6-8,10-11,13H,2-5,9H2,1H3. The van der Waals surface area contributed by atoms with Gasteiger partial charge in [-0.15, -0.1) is 0 Å². The summed E-state index contributed by atoms with van der Waals surface area (Å²) in [5, 5.41) is 2.62. The van der Waals surface area contributed by atoms with E-state index >= 15 is 0 Å². The molecule has 2 aromatic rings. The average Bonchev–Trinajstić information content (AvgIpc) is 2.35. The first-order valence-corrected chi connectivity index (χ1v) is 6.30. The molecule has 0 saturated carbocycles. The molecule has 0 nitrogen and oxygen atoms in total. The molecule has 0 spiro atoms. The molecule has 16 heavy (non-hydrogen) atoms. The molecular weight excluding hydrogens is 192 g/mol. The van der Waals surface area contributed by atoms with Crippen molar-refractivity contribution in [3.05, 3.63) is 48.0 Å². The lowest BCUT2D eigenvalue weighted by molar-refractivity contribution is 0.668. The van der Waals surface area contributed by atoms with Crippen molar-refractivity contribution in [1.82, 2.24) is 0 Å². The van der Waals surface area contributed by atoms with Crippen LogP contribution in [0.2, 0.25) is 0 Å². The van der Waals surface area contributed by atoms with Gasteiger partial charge in [0.05, 0.1) is 0 Å². The first kappa shape index (κ1) is 11.2. The highest BCUT2D eigenvalue weighted by Gasteiger charge is 1.99. The van der Waals surface area contributed by atoms with Gasteiger partial charge < -0.3 is 0 Å². The topological polar surface area (TPSA) is 0 Å². The molecule has 0 aliphatic heterocycles. The third-order valence-corrected chi connectivity index (χ3v) is 3.10. The number of benzene rings is 2. The molecular formula is C16H19. The molecule has 0 N–H and O–H groups in total. The lowest BCUT2D eigenvalue weighted by Crippen LogP contribution is -1.88. The molecule has 0 aliphatic rings. The maximum absolute atomic E-state index is 3.29. The van der Waals surface area contributed by atoms with Crippen molar-refractivity contribution in [1.29, 1.82) is 0 Å². The molecule has 1 radical (unpaired) electrons. The Morgan fingerprint density at radius 2 is 1.88 bits per heavy atom. The van der Waals surface area contributed by atoms with Crippen LogP contribution in [0.25, 0.3) is 10.8 Å². The largest absolute Gasteiger partial charge is 0.0654 e. The second-order valence-corrected chi connectivity index (χ2v) is 4.36. The normalized spacial score (nSPS) is 10.8. The number of fused-ring (bicyclic) bond motifs is 1. The first-order valence-electron chi connectivity index (χ1n) is 6.30. The van der Waals surface area contributed by atoms with Crippen LogP contribution in [0.4, 0.5) is 0 Å². The predicted molar refractivity (Wildman–Crippen MR) is 70.6 cm³/mol. The third-order valence-electron chi connectivity index (χ3n) is 3.10. The van der Waals surface area contributed by atoms with E-state index in [1.165, 1.54) is 48.4 Å². The monoisotopic (exact) mass is 211 g/mol. The van der Waals surface area contributed by atoms with Crippen LogP contribution in [-0.2, 0) is 6.42 Å². The van der Waals surface area contributed by atoms with Crippen molar-refractivity contribution in [3.8, 4) is 0 Å². The average molecular weight is 211 g/mol. The van der Waals surface area contributed by atoms with Gasteiger partial charge >= 0.3 is 0 Å². The van der Waals surface area contributed by atoms with Gasteiger partial charge in [0.15, 0.2) is 0 Å². The van der Waals surface area contributed by atoms with Crippen molar-refractivity contribution in [2.75, 3.05) is 0 Å². The molecule has 0 saturated heterocycles. The van der Waals surface area contributed by atoms with Gasteiger partial charge in [0.1, 0.15) is 0 Å². The Hall–Kier alpha value is -1.30. The predicted octanol–water partition coefficient (Wildman–Crippen LogP) is 4.76. The van der Waals surface area contributed by atoms with Crippen LogP contribution in [0.1, 0.15) is 38.2 Å². The van der Waals surface area contributed by atoms with Crippen LogP contribution >= 0.6 is 0 Å². The zero-order chi connectivity index (χ0) is 11.2. The van der Waals surface area contributed by atoms with Crippen molar-refractivity contribution in [2.45, 2.75) is 39.0 Å². The van der Waals surface area contributed by atoms with Crippen LogP contribution in [0.3, 0.4) is 0 Å². The zero-order valence-corrected chi connectivity index (χ0v) is 10.00. The lowest BCUT2D eigenvalue weighted by atomic mass is 9.99. The van der Waals surface area contributed by atoms with E-state index in [1.807, 2.05) is 0 Å². The number of rotatable bonds is 5. The summed E-state index contributed by atoms with van der Waals surface area (Å²) in [4.78, 5) is 0. The molecule has 2 aromatic carbocycles. The Balaban J connectivity index is 2.11. The van der Waals surface area contributed by atoms with Gasteiger partial charge in [0.25, 0.3) is 0 Å². The highest BCUT2D eigenvalue weighted by molar-refractivity contribution is 5.85. The SMILES string of the molecule is CCCCCCc1cc[c]c2ccccc12. The van der Waals surface area contributed by atoms with Crippen molar-refractivity contribution < 1.29 is 0 Å². The van der Waals surface area contributed by atoms with Gasteiger partial charge in [-0.1, -0.05) is 62.6 Å². The fraction of sp³-hybridized carbons (Fsp3) is 0.375. The van der Waals surface area contributed by atoms with Crippen LogP contribution in [0.5, 0.6) is 0 Å². The summed E-state index contributed by atoms with van der Waals surface area (Å²) in [6.45, 7) is 2.26. The van der Waals surface area contributed by atoms with E-state index < -0.39 is 0 Å². The Morgan fingerprint density at radius 3 is 2.75 bits per heavy atom. The van der Waals surface area contributed by atoms with Gasteiger partial charge in [-0.05, 0) is 35.2 Å². The minimum absolute atomic E-state index is 1.20. The molecule has 0 fully saturated rings. The molecule has 0 unspecified atom stereocenters. The summed E-state index contributed by atoms with van der Waals surface area (Å²) in [6.07, 6.45) is 6.53. The molecule has 0 amide bonds. The number of hydrogen-bond donors (Lipinski definition) is 0. The highest BCUT2D eigenvalue weighted by Crippen LogP contribution is 2.20. The fourth-order valence-corrected chi connectivity index (χ4v) is 2.17. The summed E-state index contributed by atoms with van der Waals surface area (Å²) >= 11 is 0. The van der Waals surface area contributed by atoms with E-state index in [1.54, 1.807) is 0 Å². The highest BCUT2D eigenvalue weighted by atomic mass is 14.0. The van der Waals surface area contributed by atoms with Crippen LogP contribution in [0, 0.1) is 6.07 Å². The molecule has 83 valence electrons. The Labute approximate surface area is 98.3 Å². The number of hydrogen-bond acceptors (Lipinski definition) is 0. The molecule has 2 rings (SSSR count). The summed E-state index contributed by atoms with van der Waals surface area (Å²) in [7, 11) is 0. The van der Waals surface area contributed by atoms with Crippen LogP contribution in [-0.4, -0.2) is 0 Å². The van der Waals surface area contributed by atoms with Gasteiger partial charge in [-0.3, -0.25) is 0 Å². The van der Waals surface area contributed by atoms with Crippen LogP contribution < -0.4 is 0 Å². The maximum atomic E-state index is 3.29. The van der Waals surface area contributed by atoms with Gasteiger partial charge in [-0.2, -0.15) is 0 Å². The lowest BCUT2D eigenvalue weighted by Gasteiger charge is -2.05. The van der Waals surface area contributed by atoms with E-state index in [9.17, 15) is 0 Å². The first-order chi connectivity index (χ1) is 7.92. The fourth-order valence-electron chi connectivity index (χ4n) is 2.17. The summed E-state index contributed by atoms with van der Waals surface area (Å²) in [5.41, 5.74) is 1.48. The second kappa shape index (κ2) is 5.69. The maximum Gasteiger partial charge on any atom is -0.00990 e. The second-order valence-electron chi connectivity index (χ2n) is 4.36. The van der Waals surface area contributed by atoms with E-state index in [0.717, 1.165) is 0 Å². The van der Waals surface area contributed by atoms with Crippen LogP contribution in [0.15, 0.2) is 36.4 Å². The zero-order valence-electron chi connectivity index (χ0n) is 10.00. The summed E-state index contributed by atoms with van der Waals surface area (Å²) in [6, 6.07) is 16.1. The molecule has 0 heterocycles. The minimum Gasteiger partial charge on any atom is -0.0654 e. The summed E-state index contributed by atoms with van der Waals surface area (Å²) < 4.78 is 0. The van der Waals surface area contributed by atoms with Gasteiger partial charge in [-0.25, -0.2) is 0 Å². The smallest absolute Gasteiger partial charge is 0.00990 e. The molecule has 0 aromatic heterocycles. The molecule has 0 bridgehead atoms. The van der Waals surface area contributed by atoms with E-state index in [4.69, 9.17) is 0 Å². The molecule has 0 heteroatoms. The van der Waals surface area contributed by atoms with Crippen molar-refractivity contribution in [3.63, 3.8) is 0 Å². The quantitative estimate of drug-likeness (QED) is 0.625. The third kappa shape index (κ3) is 2.63. The Bertz CT molecular complexity index is 437. The molecule has 0 atom stereocenters. The van der Waals surface area contributed by atoms with E-state index in [0.29, 0.717) is 0 Å². The van der Waals surface area contributed by atoms with Crippen molar-refractivity contribution >= 4 is 10.8 Å². The van der Waals surface area contributed by atoms with E-state index in [2.05, 4.69) is 49.4 Å². The van der Waals surface area contributed by atoms with E-state index in [-0.39, 0.29) is 0 Å². The Kier molecular flexibility index (Phi) is 3.98. The van der Waals surface area contributed by atoms with Gasteiger partial charge in [0.2, 0.25) is 0 Å². The number of aryl methyl sites for hydroxylation is 1. The number of unbranched alkanes of at least 4 members (excludes halogenated alkanes) is 3. The van der Waals surface area contributed by atoms with Gasteiger partial charge in [0, 0.05) is 0 Å². The van der Waals surface area contributed by atoms with Crippen molar-refractivity contribution in [2.24, 2.45) is 0 Å².